The quantitative estimate of drug-likeness (QED) is 0.820. The van der Waals surface area contributed by atoms with Crippen molar-refractivity contribution in [2.45, 2.75) is 39.5 Å². The summed E-state index contributed by atoms with van der Waals surface area (Å²) in [4.78, 5) is 0. The lowest BCUT2D eigenvalue weighted by atomic mass is 9.90. The van der Waals surface area contributed by atoms with Gasteiger partial charge >= 0.3 is 0 Å². The molecule has 1 aliphatic rings. The zero-order chi connectivity index (χ0) is 13.7. The third kappa shape index (κ3) is 3.56. The van der Waals surface area contributed by atoms with Crippen LogP contribution in [0.1, 0.15) is 43.0 Å². The maximum Gasteiger partial charge on any atom is 0.0725 e. The molecule has 0 saturated carbocycles. The molecule has 0 fully saturated rings. The summed E-state index contributed by atoms with van der Waals surface area (Å²) in [5.41, 5.74) is 4.05. The summed E-state index contributed by atoms with van der Waals surface area (Å²) in [7, 11) is 1.77. The van der Waals surface area contributed by atoms with Crippen molar-refractivity contribution >= 4 is 0 Å². The summed E-state index contributed by atoms with van der Waals surface area (Å²) >= 11 is 0. The molecule has 106 valence electrons. The van der Waals surface area contributed by atoms with E-state index in [1.165, 1.54) is 16.7 Å². The van der Waals surface area contributed by atoms with Crippen LogP contribution in [0.3, 0.4) is 0 Å². The van der Waals surface area contributed by atoms with Gasteiger partial charge in [0.05, 0.1) is 13.2 Å². The molecule has 3 nitrogen and oxygen atoms in total. The van der Waals surface area contributed by atoms with E-state index in [0.29, 0.717) is 12.0 Å². The molecule has 0 saturated heterocycles. The van der Waals surface area contributed by atoms with Crippen molar-refractivity contribution in [3.05, 3.63) is 34.9 Å². The summed E-state index contributed by atoms with van der Waals surface area (Å²) in [6.45, 7) is 7.77. The molecule has 19 heavy (non-hydrogen) atoms. The summed E-state index contributed by atoms with van der Waals surface area (Å²) < 4.78 is 10.7. The average Bonchev–Trinajstić information content (AvgIpc) is 2.89. The van der Waals surface area contributed by atoms with Crippen LogP contribution in [-0.4, -0.2) is 20.3 Å². The van der Waals surface area contributed by atoms with E-state index in [9.17, 15) is 0 Å². The predicted octanol–water partition coefficient (Wildman–Crippen LogP) is 3.04. The number of hydrogen-bond acceptors (Lipinski definition) is 3. The van der Waals surface area contributed by atoms with Gasteiger partial charge in [-0.3, -0.25) is 0 Å². The Hall–Kier alpha value is -0.900. The van der Waals surface area contributed by atoms with E-state index in [4.69, 9.17) is 9.47 Å². The zero-order valence-corrected chi connectivity index (χ0v) is 12.2. The first kappa shape index (κ1) is 14.5. The van der Waals surface area contributed by atoms with Crippen LogP contribution in [0.5, 0.6) is 0 Å². The van der Waals surface area contributed by atoms with E-state index >= 15 is 0 Å². The van der Waals surface area contributed by atoms with Gasteiger partial charge in [0.2, 0.25) is 0 Å². The molecule has 3 heteroatoms. The molecule has 1 aromatic carbocycles. The standard InChI is InChI=1S/C16H25NO2/c1-4-17-16(12(2)7-8-18-3)13-5-6-14-10-19-11-15(14)9-13/h5-6,9,12,16-17H,4,7-8,10-11H2,1-3H3. The minimum Gasteiger partial charge on any atom is -0.385 e. The van der Waals surface area contributed by atoms with Gasteiger partial charge in [-0.25, -0.2) is 0 Å². The molecule has 1 heterocycles. The summed E-state index contributed by atoms with van der Waals surface area (Å²) in [5, 5.41) is 3.60. The molecule has 0 radical (unpaired) electrons. The Morgan fingerprint density at radius 1 is 1.32 bits per heavy atom. The number of hydrogen-bond donors (Lipinski definition) is 1. The van der Waals surface area contributed by atoms with Crippen LogP contribution in [0.15, 0.2) is 18.2 Å². The van der Waals surface area contributed by atoms with Crippen molar-refractivity contribution in [3.8, 4) is 0 Å². The Morgan fingerprint density at radius 2 is 2.11 bits per heavy atom. The molecule has 1 aromatic rings. The lowest BCUT2D eigenvalue weighted by Crippen LogP contribution is -2.27. The van der Waals surface area contributed by atoms with Gasteiger partial charge in [0.1, 0.15) is 0 Å². The van der Waals surface area contributed by atoms with Crippen molar-refractivity contribution in [1.29, 1.82) is 0 Å². The first-order valence-corrected chi connectivity index (χ1v) is 7.18. The van der Waals surface area contributed by atoms with Crippen molar-refractivity contribution in [3.63, 3.8) is 0 Å². The second kappa shape index (κ2) is 7.04. The number of rotatable bonds is 7. The topological polar surface area (TPSA) is 30.5 Å². The van der Waals surface area contributed by atoms with Gasteiger partial charge in [0.15, 0.2) is 0 Å². The Labute approximate surface area is 116 Å². The minimum atomic E-state index is 0.394. The maximum absolute atomic E-state index is 5.49. The molecule has 0 amide bonds. The maximum atomic E-state index is 5.49. The first-order chi connectivity index (χ1) is 9.26. The molecule has 2 atom stereocenters. The van der Waals surface area contributed by atoms with Gasteiger partial charge in [-0.15, -0.1) is 0 Å². The Morgan fingerprint density at radius 3 is 2.84 bits per heavy atom. The normalized spacial score (nSPS) is 17.2. The summed E-state index contributed by atoms with van der Waals surface area (Å²) in [6, 6.07) is 7.15. The highest BCUT2D eigenvalue weighted by Gasteiger charge is 2.20. The van der Waals surface area contributed by atoms with Crippen molar-refractivity contribution in [2.75, 3.05) is 20.3 Å². The fourth-order valence-corrected chi connectivity index (χ4v) is 2.72. The molecule has 1 aliphatic heterocycles. The second-order valence-electron chi connectivity index (χ2n) is 5.32. The molecule has 0 bridgehead atoms. The van der Waals surface area contributed by atoms with Crippen molar-refractivity contribution < 1.29 is 9.47 Å². The smallest absolute Gasteiger partial charge is 0.0725 e. The largest absolute Gasteiger partial charge is 0.385 e. The van der Waals surface area contributed by atoms with Gasteiger partial charge < -0.3 is 14.8 Å². The highest BCUT2D eigenvalue weighted by Crippen LogP contribution is 2.29. The van der Waals surface area contributed by atoms with Crippen LogP contribution in [0.4, 0.5) is 0 Å². The molecule has 2 rings (SSSR count). The van der Waals surface area contributed by atoms with Crippen LogP contribution >= 0.6 is 0 Å². The summed E-state index contributed by atoms with van der Waals surface area (Å²) in [5.74, 6) is 0.556. The number of nitrogens with one attached hydrogen (secondary N) is 1. The minimum absolute atomic E-state index is 0.394. The van der Waals surface area contributed by atoms with E-state index in [2.05, 4.69) is 37.4 Å². The van der Waals surface area contributed by atoms with Crippen LogP contribution in [0.2, 0.25) is 0 Å². The third-order valence-electron chi connectivity index (χ3n) is 3.87. The number of fused-ring (bicyclic) bond motifs is 1. The lowest BCUT2D eigenvalue weighted by molar-refractivity contribution is 0.134. The van der Waals surface area contributed by atoms with Gasteiger partial charge in [-0.2, -0.15) is 0 Å². The van der Waals surface area contributed by atoms with E-state index < -0.39 is 0 Å². The second-order valence-corrected chi connectivity index (χ2v) is 5.32. The van der Waals surface area contributed by atoms with Crippen LogP contribution in [-0.2, 0) is 22.7 Å². The number of benzene rings is 1. The highest BCUT2D eigenvalue weighted by molar-refractivity contribution is 5.34. The Kier molecular flexibility index (Phi) is 5.37. The molecule has 0 aromatic heterocycles. The van der Waals surface area contributed by atoms with E-state index in [-0.39, 0.29) is 0 Å². The van der Waals surface area contributed by atoms with Crippen LogP contribution in [0.25, 0.3) is 0 Å². The number of ether oxygens (including phenoxy) is 2. The summed E-state index contributed by atoms with van der Waals surface area (Å²) in [6.07, 6.45) is 1.07. The highest BCUT2D eigenvalue weighted by atomic mass is 16.5. The van der Waals surface area contributed by atoms with Crippen molar-refractivity contribution in [2.24, 2.45) is 5.92 Å². The monoisotopic (exact) mass is 263 g/mol. The third-order valence-corrected chi connectivity index (χ3v) is 3.87. The van der Waals surface area contributed by atoms with Crippen LogP contribution in [0, 0.1) is 5.92 Å². The SMILES string of the molecule is CCNC(c1ccc2c(c1)COC2)C(C)CCOC. The van der Waals surface area contributed by atoms with Gasteiger partial charge in [0, 0.05) is 19.8 Å². The zero-order valence-electron chi connectivity index (χ0n) is 12.2. The van der Waals surface area contributed by atoms with Crippen LogP contribution < -0.4 is 5.32 Å². The van der Waals surface area contributed by atoms with E-state index in [0.717, 1.165) is 32.8 Å². The fourth-order valence-electron chi connectivity index (χ4n) is 2.72. The number of methoxy groups -OCH3 is 1. The molecule has 0 aliphatic carbocycles. The molecule has 0 spiro atoms. The van der Waals surface area contributed by atoms with Gasteiger partial charge in [0.25, 0.3) is 0 Å². The van der Waals surface area contributed by atoms with Crippen molar-refractivity contribution in [1.82, 2.24) is 5.32 Å². The fraction of sp³-hybridized carbons (Fsp3) is 0.625. The lowest BCUT2D eigenvalue weighted by Gasteiger charge is -2.25. The van der Waals surface area contributed by atoms with Gasteiger partial charge in [-0.1, -0.05) is 32.0 Å². The van der Waals surface area contributed by atoms with Gasteiger partial charge in [-0.05, 0) is 35.6 Å². The Bertz CT molecular complexity index is 406. The predicted molar refractivity (Wildman–Crippen MR) is 77.0 cm³/mol. The molecular weight excluding hydrogens is 238 g/mol. The molecular formula is C16H25NO2. The molecule has 2 unspecified atom stereocenters. The Balaban J connectivity index is 2.13. The van der Waals surface area contributed by atoms with E-state index in [1.807, 2.05) is 0 Å². The average molecular weight is 263 g/mol. The first-order valence-electron chi connectivity index (χ1n) is 7.18. The van der Waals surface area contributed by atoms with E-state index in [1.54, 1.807) is 7.11 Å². The molecule has 1 N–H and O–H groups in total.